The molecule has 2 aromatic carbocycles. The Kier molecular flexibility index (Phi) is 5.43. The lowest BCUT2D eigenvalue weighted by Crippen LogP contribution is -1.96. The molecule has 1 aromatic heterocycles. The van der Waals surface area contributed by atoms with Crippen LogP contribution in [0.3, 0.4) is 0 Å². The molecule has 0 unspecified atom stereocenters. The van der Waals surface area contributed by atoms with E-state index >= 15 is 0 Å². The molecule has 3 aromatic rings. The van der Waals surface area contributed by atoms with Crippen molar-refractivity contribution in [2.45, 2.75) is 11.8 Å². The van der Waals surface area contributed by atoms with Crippen LogP contribution >= 0.6 is 11.3 Å². The van der Waals surface area contributed by atoms with Gasteiger partial charge in [0, 0.05) is 16.7 Å². The number of halogens is 1. The first-order valence-corrected chi connectivity index (χ1v) is 10.8. The van der Waals surface area contributed by atoms with Crippen molar-refractivity contribution in [2.24, 2.45) is 5.16 Å². The van der Waals surface area contributed by atoms with Crippen LogP contribution in [0.5, 0.6) is 0 Å². The average molecular weight is 404 g/mol. The number of hydrogen-bond acceptors (Lipinski definition) is 5. The Morgan fingerprint density at radius 2 is 1.63 bits per heavy atom. The Hall–Kier alpha value is -2.51. The van der Waals surface area contributed by atoms with Crippen LogP contribution in [0.25, 0.3) is 21.6 Å². The van der Waals surface area contributed by atoms with Gasteiger partial charge in [-0.25, -0.2) is 12.8 Å². The van der Waals surface area contributed by atoms with Gasteiger partial charge in [0.05, 0.1) is 15.5 Å². The van der Waals surface area contributed by atoms with Crippen molar-refractivity contribution < 1.29 is 17.6 Å². The lowest BCUT2D eigenvalue weighted by molar-refractivity contribution is 0.213. The van der Waals surface area contributed by atoms with Gasteiger partial charge >= 0.3 is 0 Å². The van der Waals surface area contributed by atoms with Gasteiger partial charge in [-0.1, -0.05) is 29.4 Å². The molecule has 0 radical (unpaired) electrons. The molecule has 0 saturated heterocycles. The van der Waals surface area contributed by atoms with E-state index in [1.807, 2.05) is 13.0 Å². The molecule has 0 atom stereocenters. The lowest BCUT2D eigenvalue weighted by atomic mass is 10.0. The Labute approximate surface area is 161 Å². The van der Waals surface area contributed by atoms with Gasteiger partial charge in [0.25, 0.3) is 0 Å². The van der Waals surface area contributed by atoms with Crippen molar-refractivity contribution in [3.8, 4) is 21.6 Å². The highest BCUT2D eigenvalue weighted by Gasteiger charge is 2.16. The molecule has 0 saturated carbocycles. The topological polar surface area (TPSA) is 55.7 Å². The second kappa shape index (κ2) is 7.62. The van der Waals surface area contributed by atoms with E-state index in [1.54, 1.807) is 36.4 Å². The maximum atomic E-state index is 13.3. The molecule has 0 aliphatic heterocycles. The van der Waals surface area contributed by atoms with E-state index in [-0.39, 0.29) is 10.7 Å². The summed E-state index contributed by atoms with van der Waals surface area (Å²) >= 11 is 1.52. The first kappa shape index (κ1) is 19.3. The molecule has 4 nitrogen and oxygen atoms in total. The summed E-state index contributed by atoms with van der Waals surface area (Å²) in [6.45, 7) is 1.85. The van der Waals surface area contributed by atoms with Crippen LogP contribution in [0.1, 0.15) is 11.8 Å². The maximum absolute atomic E-state index is 13.3. The number of nitrogens with zero attached hydrogens (tertiary/aromatic N) is 1. The minimum Gasteiger partial charge on any atom is -0.399 e. The third-order valence-electron chi connectivity index (χ3n) is 4.02. The van der Waals surface area contributed by atoms with Crippen LogP contribution < -0.4 is 0 Å². The van der Waals surface area contributed by atoms with Gasteiger partial charge in [-0.2, -0.15) is 0 Å². The summed E-state index contributed by atoms with van der Waals surface area (Å²) in [5.74, 6) is -0.299. The second-order valence-electron chi connectivity index (χ2n) is 6.02. The number of sulfone groups is 1. The summed E-state index contributed by atoms with van der Waals surface area (Å²) in [6.07, 6.45) is 1.18. The Morgan fingerprint density at radius 3 is 2.19 bits per heavy atom. The first-order chi connectivity index (χ1) is 12.8. The van der Waals surface area contributed by atoms with Gasteiger partial charge in [-0.3, -0.25) is 0 Å². The zero-order valence-electron chi connectivity index (χ0n) is 15.1. The fourth-order valence-corrected chi connectivity index (χ4v) is 4.42. The molecule has 0 aliphatic rings. The van der Waals surface area contributed by atoms with Gasteiger partial charge < -0.3 is 4.84 Å². The van der Waals surface area contributed by atoms with Gasteiger partial charge in [-0.15, -0.1) is 11.3 Å². The monoisotopic (exact) mass is 403 g/mol. The van der Waals surface area contributed by atoms with Crippen molar-refractivity contribution in [1.82, 2.24) is 0 Å². The minimum absolute atomic E-state index is 0.266. The molecular formula is C20H18FNO3S2. The van der Waals surface area contributed by atoms with Gasteiger partial charge in [0.1, 0.15) is 12.9 Å². The van der Waals surface area contributed by atoms with E-state index in [2.05, 4.69) is 5.16 Å². The second-order valence-corrected chi connectivity index (χ2v) is 9.08. The fraction of sp³-hybridized carbons (Fsp3) is 0.150. The predicted molar refractivity (Wildman–Crippen MR) is 107 cm³/mol. The standard InChI is InChI=1S/C20H18FNO3S2/c1-13(22-25-2)19-12-18(14-6-10-17(11-7-14)27(3,23)24)20(26-19)15-4-8-16(21)9-5-15/h4-12H,1-3H3/b22-13+. The number of benzene rings is 2. The number of rotatable bonds is 5. The summed E-state index contributed by atoms with van der Waals surface area (Å²) in [7, 11) is -1.77. The van der Waals surface area contributed by atoms with Crippen LogP contribution in [0, 0.1) is 5.82 Å². The van der Waals surface area contributed by atoms with Crippen molar-refractivity contribution in [3.63, 3.8) is 0 Å². The lowest BCUT2D eigenvalue weighted by Gasteiger charge is -2.06. The SMILES string of the molecule is CO/N=C(\C)c1cc(-c2ccc(S(C)(=O)=O)cc2)c(-c2ccc(F)cc2)s1. The molecule has 3 rings (SSSR count). The van der Waals surface area contributed by atoms with Gasteiger partial charge in [-0.05, 0) is 48.4 Å². The van der Waals surface area contributed by atoms with Crippen LogP contribution in [-0.4, -0.2) is 27.5 Å². The summed E-state index contributed by atoms with van der Waals surface area (Å²) < 4.78 is 36.7. The number of hydrogen-bond donors (Lipinski definition) is 0. The van der Waals surface area contributed by atoms with E-state index in [4.69, 9.17) is 4.84 Å². The molecule has 0 fully saturated rings. The molecule has 7 heteroatoms. The quantitative estimate of drug-likeness (QED) is 0.445. The van der Waals surface area contributed by atoms with Gasteiger partial charge in [0.15, 0.2) is 9.84 Å². The summed E-state index contributed by atoms with van der Waals surface area (Å²) in [5, 5.41) is 3.98. The molecular weight excluding hydrogens is 385 g/mol. The zero-order chi connectivity index (χ0) is 19.6. The Balaban J connectivity index is 2.15. The predicted octanol–water partition coefficient (Wildman–Crippen LogP) is 5.00. The summed E-state index contributed by atoms with van der Waals surface area (Å²) in [6, 6.07) is 15.0. The number of oxime groups is 1. The Morgan fingerprint density at radius 1 is 1.04 bits per heavy atom. The van der Waals surface area contributed by atoms with Crippen molar-refractivity contribution in [3.05, 3.63) is 65.3 Å². The van der Waals surface area contributed by atoms with E-state index in [9.17, 15) is 12.8 Å². The summed E-state index contributed by atoms with van der Waals surface area (Å²) in [4.78, 5) is 6.99. The normalized spacial score (nSPS) is 12.2. The minimum atomic E-state index is -3.26. The average Bonchev–Trinajstić information content (AvgIpc) is 3.07. The van der Waals surface area contributed by atoms with Crippen molar-refractivity contribution in [1.29, 1.82) is 0 Å². The highest BCUT2D eigenvalue weighted by Crippen LogP contribution is 2.40. The zero-order valence-corrected chi connectivity index (χ0v) is 16.7. The molecule has 0 spiro atoms. The largest absolute Gasteiger partial charge is 0.399 e. The highest BCUT2D eigenvalue weighted by molar-refractivity contribution is 7.90. The third kappa shape index (κ3) is 4.26. The van der Waals surface area contributed by atoms with Crippen LogP contribution in [-0.2, 0) is 14.7 Å². The first-order valence-electron chi connectivity index (χ1n) is 8.08. The highest BCUT2D eigenvalue weighted by atomic mass is 32.2. The van der Waals surface area contributed by atoms with E-state index < -0.39 is 9.84 Å². The third-order valence-corrected chi connectivity index (χ3v) is 6.44. The molecule has 27 heavy (non-hydrogen) atoms. The van der Waals surface area contributed by atoms with Crippen LogP contribution in [0.15, 0.2) is 64.6 Å². The molecule has 140 valence electrons. The van der Waals surface area contributed by atoms with E-state index in [1.165, 1.54) is 36.8 Å². The van der Waals surface area contributed by atoms with E-state index in [0.717, 1.165) is 32.2 Å². The molecule has 1 heterocycles. The van der Waals surface area contributed by atoms with Gasteiger partial charge in [0.2, 0.25) is 0 Å². The fourth-order valence-electron chi connectivity index (χ4n) is 2.66. The maximum Gasteiger partial charge on any atom is 0.175 e. The molecule has 0 bridgehead atoms. The van der Waals surface area contributed by atoms with E-state index in [0.29, 0.717) is 0 Å². The van der Waals surface area contributed by atoms with Crippen molar-refractivity contribution in [2.75, 3.05) is 13.4 Å². The number of thiophene rings is 1. The smallest absolute Gasteiger partial charge is 0.175 e. The Bertz CT molecular complexity index is 1080. The van der Waals surface area contributed by atoms with Crippen LogP contribution in [0.2, 0.25) is 0 Å². The molecule has 0 N–H and O–H groups in total. The molecule has 0 amide bonds. The van der Waals surface area contributed by atoms with Crippen molar-refractivity contribution >= 4 is 26.9 Å². The summed E-state index contributed by atoms with van der Waals surface area (Å²) in [5.41, 5.74) is 3.40. The molecule has 0 aliphatic carbocycles. The van der Waals surface area contributed by atoms with Crippen LogP contribution in [0.4, 0.5) is 4.39 Å².